The first-order chi connectivity index (χ1) is 7.83. The third-order valence-corrected chi connectivity index (χ3v) is 4.13. The van der Waals surface area contributed by atoms with E-state index in [1.165, 1.54) is 15.0 Å². The van der Waals surface area contributed by atoms with Crippen molar-refractivity contribution in [3.8, 4) is 0 Å². The van der Waals surface area contributed by atoms with Crippen LogP contribution < -0.4 is 5.32 Å². The van der Waals surface area contributed by atoms with Crippen molar-refractivity contribution in [1.29, 1.82) is 0 Å². The van der Waals surface area contributed by atoms with Crippen molar-refractivity contribution in [2.75, 3.05) is 13.1 Å². The molecule has 0 amide bonds. The molecule has 0 aliphatic carbocycles. The van der Waals surface area contributed by atoms with Crippen LogP contribution in [-0.4, -0.2) is 19.2 Å². The van der Waals surface area contributed by atoms with Gasteiger partial charge in [0.25, 0.3) is 0 Å². The summed E-state index contributed by atoms with van der Waals surface area (Å²) >= 11 is 1.84. The van der Waals surface area contributed by atoms with Crippen LogP contribution >= 0.6 is 11.3 Å². The average molecular weight is 233 g/mol. The number of ether oxygens (including phenoxy) is 1. The largest absolute Gasteiger partial charge is 0.367 e. The molecule has 1 aromatic carbocycles. The lowest BCUT2D eigenvalue weighted by Crippen LogP contribution is -2.38. The van der Waals surface area contributed by atoms with Crippen molar-refractivity contribution >= 4 is 21.4 Å². The Balaban J connectivity index is 1.93. The van der Waals surface area contributed by atoms with Gasteiger partial charge in [0.05, 0.1) is 6.10 Å². The predicted octanol–water partition coefficient (Wildman–Crippen LogP) is 2.95. The van der Waals surface area contributed by atoms with Gasteiger partial charge in [-0.15, -0.1) is 11.3 Å². The van der Waals surface area contributed by atoms with Gasteiger partial charge in [-0.25, -0.2) is 0 Å². The van der Waals surface area contributed by atoms with E-state index in [-0.39, 0.29) is 6.10 Å². The van der Waals surface area contributed by atoms with E-state index in [2.05, 4.69) is 42.6 Å². The summed E-state index contributed by atoms with van der Waals surface area (Å²) in [5, 5.41) is 4.73. The van der Waals surface area contributed by atoms with Crippen LogP contribution in [0, 0.1) is 0 Å². The van der Waals surface area contributed by atoms with Crippen LogP contribution in [0.25, 0.3) is 10.1 Å². The Hall–Kier alpha value is -0.900. The number of rotatable bonds is 1. The molecule has 3 heteroatoms. The Morgan fingerprint density at radius 3 is 3.00 bits per heavy atom. The molecule has 2 heterocycles. The summed E-state index contributed by atoms with van der Waals surface area (Å²) in [5.41, 5.74) is 0. The van der Waals surface area contributed by atoms with Crippen molar-refractivity contribution in [1.82, 2.24) is 5.32 Å². The van der Waals surface area contributed by atoms with Gasteiger partial charge in [-0.3, -0.25) is 0 Å². The third kappa shape index (κ3) is 1.86. The van der Waals surface area contributed by atoms with E-state index in [1.54, 1.807) is 0 Å². The van der Waals surface area contributed by atoms with E-state index in [9.17, 15) is 0 Å². The highest BCUT2D eigenvalue weighted by Crippen LogP contribution is 2.32. The van der Waals surface area contributed by atoms with Crippen LogP contribution in [-0.2, 0) is 4.74 Å². The number of nitrogens with one attached hydrogen (secondary N) is 1. The topological polar surface area (TPSA) is 21.3 Å². The second-order valence-electron chi connectivity index (χ2n) is 4.28. The summed E-state index contributed by atoms with van der Waals surface area (Å²) in [7, 11) is 0. The smallest absolute Gasteiger partial charge is 0.104 e. The number of fused-ring (bicyclic) bond motifs is 1. The highest BCUT2D eigenvalue weighted by molar-refractivity contribution is 7.19. The summed E-state index contributed by atoms with van der Waals surface area (Å²) in [6.45, 7) is 4.00. The maximum atomic E-state index is 5.95. The molecular formula is C13H15NOS. The minimum Gasteiger partial charge on any atom is -0.367 e. The predicted molar refractivity (Wildman–Crippen MR) is 68.0 cm³/mol. The number of morpholine rings is 1. The van der Waals surface area contributed by atoms with E-state index in [0.29, 0.717) is 6.10 Å². The molecule has 0 spiro atoms. The Morgan fingerprint density at radius 1 is 1.31 bits per heavy atom. The van der Waals surface area contributed by atoms with Crippen LogP contribution in [0.4, 0.5) is 0 Å². The number of benzene rings is 1. The Morgan fingerprint density at radius 2 is 2.19 bits per heavy atom. The summed E-state index contributed by atoms with van der Waals surface area (Å²) in [6.07, 6.45) is 0.533. The van der Waals surface area contributed by atoms with Gasteiger partial charge in [0.15, 0.2) is 0 Å². The third-order valence-electron chi connectivity index (χ3n) is 2.92. The maximum absolute atomic E-state index is 5.95. The maximum Gasteiger partial charge on any atom is 0.104 e. The zero-order valence-corrected chi connectivity index (χ0v) is 10.1. The number of hydrogen-bond donors (Lipinski definition) is 1. The Bertz CT molecular complexity index is 460. The van der Waals surface area contributed by atoms with E-state index in [1.807, 2.05) is 11.3 Å². The van der Waals surface area contributed by atoms with E-state index in [4.69, 9.17) is 4.74 Å². The van der Waals surface area contributed by atoms with Gasteiger partial charge in [0.1, 0.15) is 6.10 Å². The van der Waals surface area contributed by atoms with Crippen LogP contribution in [0.2, 0.25) is 0 Å². The summed E-state index contributed by atoms with van der Waals surface area (Å²) in [6, 6.07) is 10.8. The lowest BCUT2D eigenvalue weighted by atomic mass is 10.2. The summed E-state index contributed by atoms with van der Waals surface area (Å²) in [5.74, 6) is 0. The molecule has 2 unspecified atom stereocenters. The molecule has 16 heavy (non-hydrogen) atoms. The quantitative estimate of drug-likeness (QED) is 0.817. The second-order valence-corrected chi connectivity index (χ2v) is 5.40. The zero-order chi connectivity index (χ0) is 11.0. The number of hydrogen-bond acceptors (Lipinski definition) is 3. The molecule has 0 saturated carbocycles. The minimum atomic E-state index is 0.223. The molecule has 0 radical (unpaired) electrons. The standard InChI is InChI=1S/C13H15NOS/c1-9-7-14-8-11(15-9)13-6-10-4-2-3-5-12(10)16-13/h2-6,9,11,14H,7-8H2,1H3. The lowest BCUT2D eigenvalue weighted by molar-refractivity contribution is -0.0268. The van der Waals surface area contributed by atoms with Gasteiger partial charge < -0.3 is 10.1 Å². The average Bonchev–Trinajstić information content (AvgIpc) is 2.72. The van der Waals surface area contributed by atoms with E-state index in [0.717, 1.165) is 13.1 Å². The number of thiophene rings is 1. The first-order valence-electron chi connectivity index (χ1n) is 5.67. The second kappa shape index (κ2) is 4.17. The molecular weight excluding hydrogens is 218 g/mol. The highest BCUT2D eigenvalue weighted by atomic mass is 32.1. The molecule has 1 aliphatic heterocycles. The molecule has 1 N–H and O–H groups in total. The zero-order valence-electron chi connectivity index (χ0n) is 9.27. The van der Waals surface area contributed by atoms with E-state index >= 15 is 0 Å². The van der Waals surface area contributed by atoms with Gasteiger partial charge in [-0.05, 0) is 24.4 Å². The van der Waals surface area contributed by atoms with Gasteiger partial charge in [0, 0.05) is 22.7 Å². The van der Waals surface area contributed by atoms with Crippen LogP contribution in [0.5, 0.6) is 0 Å². The van der Waals surface area contributed by atoms with Crippen molar-refractivity contribution in [3.05, 3.63) is 35.2 Å². The molecule has 2 atom stereocenters. The molecule has 1 aliphatic rings. The molecule has 3 rings (SSSR count). The summed E-state index contributed by atoms with van der Waals surface area (Å²) in [4.78, 5) is 1.33. The van der Waals surface area contributed by atoms with Gasteiger partial charge in [0.2, 0.25) is 0 Å². The first kappa shape index (κ1) is 10.3. The molecule has 2 aromatic rings. The molecule has 0 bridgehead atoms. The molecule has 1 aromatic heterocycles. The SMILES string of the molecule is CC1CNCC(c2cc3ccccc3s2)O1. The van der Waals surface area contributed by atoms with Crippen LogP contribution in [0.15, 0.2) is 30.3 Å². The first-order valence-corrected chi connectivity index (χ1v) is 6.49. The van der Waals surface area contributed by atoms with Gasteiger partial charge in [-0.2, -0.15) is 0 Å². The van der Waals surface area contributed by atoms with Crippen LogP contribution in [0.3, 0.4) is 0 Å². The van der Waals surface area contributed by atoms with Crippen molar-refractivity contribution in [3.63, 3.8) is 0 Å². The Labute approximate surface area is 99.2 Å². The fourth-order valence-electron chi connectivity index (χ4n) is 2.12. The van der Waals surface area contributed by atoms with Gasteiger partial charge in [-0.1, -0.05) is 18.2 Å². The van der Waals surface area contributed by atoms with Crippen molar-refractivity contribution in [2.45, 2.75) is 19.1 Å². The molecule has 2 nitrogen and oxygen atoms in total. The van der Waals surface area contributed by atoms with Crippen LogP contribution in [0.1, 0.15) is 17.9 Å². The van der Waals surface area contributed by atoms with E-state index < -0.39 is 0 Å². The van der Waals surface area contributed by atoms with Crippen molar-refractivity contribution < 1.29 is 4.74 Å². The van der Waals surface area contributed by atoms with Gasteiger partial charge >= 0.3 is 0 Å². The molecule has 84 valence electrons. The fourth-order valence-corrected chi connectivity index (χ4v) is 3.22. The lowest BCUT2D eigenvalue weighted by Gasteiger charge is -2.27. The molecule has 1 fully saturated rings. The normalized spacial score (nSPS) is 26.1. The van der Waals surface area contributed by atoms with Crippen molar-refractivity contribution in [2.24, 2.45) is 0 Å². The monoisotopic (exact) mass is 233 g/mol. The fraction of sp³-hybridized carbons (Fsp3) is 0.385. The Kier molecular flexibility index (Phi) is 2.67. The summed E-state index contributed by atoms with van der Waals surface area (Å²) < 4.78 is 7.30. The highest BCUT2D eigenvalue weighted by Gasteiger charge is 2.21. The minimum absolute atomic E-state index is 0.223. The molecule has 1 saturated heterocycles.